The number of alkyl halides is 3. The first-order valence-electron chi connectivity index (χ1n) is 11.7. The summed E-state index contributed by atoms with van der Waals surface area (Å²) in [5.74, 6) is 2.49. The number of anilines is 1. The SMILES string of the molecule is C[C@H](C(=O)NC12CC3CC(CC(C3)C1)C2)N1CCN(c2cccc(C(F)(F)F)c2)CC1. The van der Waals surface area contributed by atoms with E-state index < -0.39 is 11.7 Å². The summed E-state index contributed by atoms with van der Waals surface area (Å²) in [6, 6.07) is 5.31. The number of hydrogen-bond acceptors (Lipinski definition) is 3. The highest BCUT2D eigenvalue weighted by Gasteiger charge is 2.51. The zero-order valence-electron chi connectivity index (χ0n) is 18.1. The number of piperazine rings is 1. The summed E-state index contributed by atoms with van der Waals surface area (Å²) >= 11 is 0. The van der Waals surface area contributed by atoms with Crippen molar-refractivity contribution in [3.05, 3.63) is 29.8 Å². The number of nitrogens with one attached hydrogen (secondary N) is 1. The highest BCUT2D eigenvalue weighted by molar-refractivity contribution is 5.82. The minimum absolute atomic E-state index is 0.0138. The molecule has 6 rings (SSSR count). The van der Waals surface area contributed by atoms with Crippen molar-refractivity contribution in [1.82, 2.24) is 10.2 Å². The van der Waals surface area contributed by atoms with E-state index in [0.29, 0.717) is 31.9 Å². The van der Waals surface area contributed by atoms with Gasteiger partial charge in [0, 0.05) is 37.4 Å². The van der Waals surface area contributed by atoms with Crippen molar-refractivity contribution >= 4 is 11.6 Å². The Bertz CT molecular complexity index is 796. The molecule has 170 valence electrons. The zero-order chi connectivity index (χ0) is 21.8. The Balaban J connectivity index is 1.18. The first-order valence-corrected chi connectivity index (χ1v) is 11.7. The molecule has 4 saturated carbocycles. The topological polar surface area (TPSA) is 35.6 Å². The predicted molar refractivity (Wildman–Crippen MR) is 114 cm³/mol. The fraction of sp³-hybridized carbons (Fsp3) is 0.708. The van der Waals surface area contributed by atoms with E-state index in [-0.39, 0.29) is 17.5 Å². The van der Waals surface area contributed by atoms with Gasteiger partial charge in [-0.15, -0.1) is 0 Å². The lowest BCUT2D eigenvalue weighted by Gasteiger charge is -2.57. The van der Waals surface area contributed by atoms with Crippen LogP contribution in [0.1, 0.15) is 51.0 Å². The maximum absolute atomic E-state index is 13.1. The van der Waals surface area contributed by atoms with Crippen LogP contribution in [0.15, 0.2) is 24.3 Å². The second-order valence-electron chi connectivity index (χ2n) is 10.4. The van der Waals surface area contributed by atoms with Gasteiger partial charge in [-0.2, -0.15) is 13.2 Å². The van der Waals surface area contributed by atoms with Crippen LogP contribution in [-0.4, -0.2) is 48.6 Å². The third-order valence-electron chi connectivity index (χ3n) is 8.21. The van der Waals surface area contributed by atoms with Crippen molar-refractivity contribution in [2.45, 2.75) is 63.2 Å². The summed E-state index contributed by atoms with van der Waals surface area (Å²) in [7, 11) is 0. The molecule has 1 amide bonds. The minimum Gasteiger partial charge on any atom is -0.369 e. The van der Waals surface area contributed by atoms with Crippen LogP contribution in [0.5, 0.6) is 0 Å². The van der Waals surface area contributed by atoms with Crippen LogP contribution in [0.2, 0.25) is 0 Å². The first kappa shape index (κ1) is 21.1. The smallest absolute Gasteiger partial charge is 0.369 e. The summed E-state index contributed by atoms with van der Waals surface area (Å²) in [5.41, 5.74) is -0.00385. The van der Waals surface area contributed by atoms with Crippen LogP contribution >= 0.6 is 0 Å². The molecule has 0 radical (unpaired) electrons. The Morgan fingerprint density at radius 2 is 1.61 bits per heavy atom. The Labute approximate surface area is 182 Å². The van der Waals surface area contributed by atoms with E-state index in [1.807, 2.05) is 11.8 Å². The summed E-state index contributed by atoms with van der Waals surface area (Å²) < 4.78 is 39.1. The quantitative estimate of drug-likeness (QED) is 0.766. The molecule has 1 N–H and O–H groups in total. The van der Waals surface area contributed by atoms with Crippen LogP contribution in [-0.2, 0) is 11.0 Å². The molecule has 4 aliphatic carbocycles. The first-order chi connectivity index (χ1) is 14.7. The molecule has 7 heteroatoms. The molecule has 1 aliphatic heterocycles. The van der Waals surface area contributed by atoms with Gasteiger partial charge in [-0.3, -0.25) is 9.69 Å². The van der Waals surface area contributed by atoms with Gasteiger partial charge in [0.1, 0.15) is 0 Å². The number of rotatable bonds is 4. The summed E-state index contributed by atoms with van der Waals surface area (Å²) in [6.07, 6.45) is 3.14. The number of benzene rings is 1. The molecular formula is C24H32F3N3O. The molecule has 1 aromatic rings. The molecule has 5 fully saturated rings. The Morgan fingerprint density at radius 1 is 1.03 bits per heavy atom. The van der Waals surface area contributed by atoms with E-state index in [1.54, 1.807) is 6.07 Å². The molecule has 1 atom stereocenters. The number of hydrogen-bond donors (Lipinski definition) is 1. The predicted octanol–water partition coefficient (Wildman–Crippen LogP) is 4.30. The molecular weight excluding hydrogens is 403 g/mol. The second kappa shape index (κ2) is 7.68. The van der Waals surface area contributed by atoms with E-state index in [9.17, 15) is 18.0 Å². The van der Waals surface area contributed by atoms with Gasteiger partial charge >= 0.3 is 6.18 Å². The summed E-state index contributed by atoms with van der Waals surface area (Å²) in [5, 5.41) is 3.47. The van der Waals surface area contributed by atoms with Crippen LogP contribution in [0.3, 0.4) is 0 Å². The molecule has 0 unspecified atom stereocenters. The summed E-state index contributed by atoms with van der Waals surface area (Å²) in [6.45, 7) is 4.56. The van der Waals surface area contributed by atoms with E-state index >= 15 is 0 Å². The van der Waals surface area contributed by atoms with E-state index in [2.05, 4.69) is 10.2 Å². The minimum atomic E-state index is -4.33. The highest BCUT2D eigenvalue weighted by Crippen LogP contribution is 2.55. The fourth-order valence-electron chi connectivity index (χ4n) is 7.04. The maximum Gasteiger partial charge on any atom is 0.416 e. The molecule has 0 spiro atoms. The van der Waals surface area contributed by atoms with Crippen molar-refractivity contribution in [2.24, 2.45) is 17.8 Å². The van der Waals surface area contributed by atoms with Crippen LogP contribution in [0.25, 0.3) is 0 Å². The normalized spacial score (nSPS) is 34.1. The van der Waals surface area contributed by atoms with Gasteiger partial charge in [0.05, 0.1) is 11.6 Å². The van der Waals surface area contributed by atoms with Gasteiger partial charge in [0.2, 0.25) is 5.91 Å². The van der Waals surface area contributed by atoms with Gasteiger partial charge in [-0.25, -0.2) is 0 Å². The van der Waals surface area contributed by atoms with Crippen molar-refractivity contribution in [1.29, 1.82) is 0 Å². The van der Waals surface area contributed by atoms with E-state index in [4.69, 9.17) is 0 Å². The monoisotopic (exact) mass is 435 g/mol. The van der Waals surface area contributed by atoms with E-state index in [1.165, 1.54) is 31.4 Å². The van der Waals surface area contributed by atoms with Gasteiger partial charge in [0.15, 0.2) is 0 Å². The fourth-order valence-corrected chi connectivity index (χ4v) is 7.04. The molecule has 4 bridgehead atoms. The third-order valence-corrected chi connectivity index (χ3v) is 8.21. The second-order valence-corrected chi connectivity index (χ2v) is 10.4. The third kappa shape index (κ3) is 4.18. The Kier molecular flexibility index (Phi) is 5.23. The maximum atomic E-state index is 13.1. The number of halogens is 3. The Hall–Kier alpha value is -1.76. The van der Waals surface area contributed by atoms with Gasteiger partial charge in [-0.05, 0) is 81.4 Å². The molecule has 1 aromatic carbocycles. The number of carbonyl (C=O) groups excluding carboxylic acids is 1. The zero-order valence-corrected chi connectivity index (χ0v) is 18.1. The van der Waals surface area contributed by atoms with Crippen molar-refractivity contribution in [3.63, 3.8) is 0 Å². The largest absolute Gasteiger partial charge is 0.416 e. The Morgan fingerprint density at radius 3 is 2.16 bits per heavy atom. The molecule has 1 heterocycles. The van der Waals surface area contributed by atoms with Crippen molar-refractivity contribution in [3.8, 4) is 0 Å². The van der Waals surface area contributed by atoms with Gasteiger partial charge in [-0.1, -0.05) is 6.07 Å². The highest BCUT2D eigenvalue weighted by atomic mass is 19.4. The molecule has 0 aromatic heterocycles. The molecule has 4 nitrogen and oxygen atoms in total. The van der Waals surface area contributed by atoms with Crippen LogP contribution in [0.4, 0.5) is 18.9 Å². The molecule has 31 heavy (non-hydrogen) atoms. The number of carbonyl (C=O) groups is 1. The van der Waals surface area contributed by atoms with Gasteiger partial charge < -0.3 is 10.2 Å². The average Bonchev–Trinajstić information content (AvgIpc) is 2.71. The summed E-state index contributed by atoms with van der Waals surface area (Å²) in [4.78, 5) is 17.3. The standard InChI is InChI=1S/C24H32F3N3O/c1-16(22(31)28-23-13-17-9-18(14-23)11-19(10-17)15-23)29-5-7-30(8-6-29)21-4-2-3-20(12-21)24(25,26)27/h2-4,12,16-19H,5-11,13-15H2,1H3,(H,28,31)/t16-,17?,18?,19?,23?/m1/s1. The van der Waals surface area contributed by atoms with Crippen LogP contribution in [0, 0.1) is 17.8 Å². The van der Waals surface area contributed by atoms with Gasteiger partial charge in [0.25, 0.3) is 0 Å². The number of amides is 1. The van der Waals surface area contributed by atoms with Crippen LogP contribution < -0.4 is 10.2 Å². The lowest BCUT2D eigenvalue weighted by molar-refractivity contribution is -0.137. The number of nitrogens with zero attached hydrogens (tertiary/aromatic N) is 2. The lowest BCUT2D eigenvalue weighted by atomic mass is 9.53. The van der Waals surface area contributed by atoms with Crippen molar-refractivity contribution in [2.75, 3.05) is 31.1 Å². The lowest BCUT2D eigenvalue weighted by Crippen LogP contribution is -2.63. The molecule has 1 saturated heterocycles. The van der Waals surface area contributed by atoms with Crippen molar-refractivity contribution < 1.29 is 18.0 Å². The van der Waals surface area contributed by atoms with E-state index in [0.717, 1.165) is 43.1 Å². The molecule has 5 aliphatic rings. The average molecular weight is 436 g/mol.